The highest BCUT2D eigenvalue weighted by molar-refractivity contribution is 6.17. The first-order chi connectivity index (χ1) is 19.8. The summed E-state index contributed by atoms with van der Waals surface area (Å²) in [6.07, 6.45) is 0. The van der Waals surface area contributed by atoms with E-state index in [-0.39, 0.29) is 6.04 Å². The zero-order valence-corrected chi connectivity index (χ0v) is 22.1. The van der Waals surface area contributed by atoms with Gasteiger partial charge in [0.1, 0.15) is 6.04 Å². The molecule has 1 aliphatic heterocycles. The Morgan fingerprint density at radius 1 is 0.375 bits per heavy atom. The van der Waals surface area contributed by atoms with Gasteiger partial charge in [-0.05, 0) is 64.2 Å². The van der Waals surface area contributed by atoms with E-state index in [0.29, 0.717) is 0 Å². The average Bonchev–Trinajstić information content (AvgIpc) is 3.84. The number of hydrogen-bond acceptors (Lipinski definition) is 2. The number of rotatable bonds is 7. The summed E-state index contributed by atoms with van der Waals surface area (Å²) < 4.78 is 0. The predicted molar refractivity (Wildman–Crippen MR) is 168 cm³/mol. The number of nitrogens with zero attached hydrogens (tertiary/aromatic N) is 2. The van der Waals surface area contributed by atoms with E-state index >= 15 is 0 Å². The summed E-state index contributed by atoms with van der Waals surface area (Å²) in [6.45, 7) is 0. The van der Waals surface area contributed by atoms with Crippen LogP contribution in [0, 0.1) is 0 Å². The molecule has 0 saturated heterocycles. The molecule has 1 unspecified atom stereocenters. The summed E-state index contributed by atoms with van der Waals surface area (Å²) in [5.41, 5.74) is 11.9. The van der Waals surface area contributed by atoms with Crippen LogP contribution in [-0.4, -0.2) is 5.71 Å². The number of hydrogen-bond donors (Lipinski definition) is 0. The second-order valence-corrected chi connectivity index (χ2v) is 10.0. The Balaban J connectivity index is 1.15. The van der Waals surface area contributed by atoms with Crippen LogP contribution in [0.4, 0.5) is 17.1 Å². The molecule has 0 aliphatic carbocycles. The molecule has 6 aromatic carbocycles. The Bertz CT molecular complexity index is 1720. The first kappa shape index (κ1) is 23.9. The Kier molecular flexibility index (Phi) is 6.27. The number of para-hydroxylation sites is 2. The van der Waals surface area contributed by atoms with Crippen LogP contribution in [0.15, 0.2) is 169 Å². The van der Waals surface area contributed by atoms with Gasteiger partial charge in [-0.25, -0.2) is 0 Å². The van der Waals surface area contributed by atoms with Crippen molar-refractivity contribution in [2.24, 2.45) is 4.99 Å². The van der Waals surface area contributed by atoms with Gasteiger partial charge in [0.2, 0.25) is 0 Å². The van der Waals surface area contributed by atoms with Crippen molar-refractivity contribution in [3.8, 4) is 22.3 Å². The van der Waals surface area contributed by atoms with Crippen molar-refractivity contribution in [2.75, 3.05) is 4.90 Å². The fourth-order valence-electron chi connectivity index (χ4n) is 5.39. The second-order valence-electron chi connectivity index (χ2n) is 10.0. The minimum atomic E-state index is 0.173. The van der Waals surface area contributed by atoms with Crippen molar-refractivity contribution in [2.45, 2.75) is 6.04 Å². The Morgan fingerprint density at radius 2 is 0.800 bits per heavy atom. The predicted octanol–water partition coefficient (Wildman–Crippen LogP) is 10.0. The quantitative estimate of drug-likeness (QED) is 0.208. The van der Waals surface area contributed by atoms with Gasteiger partial charge >= 0.3 is 0 Å². The summed E-state index contributed by atoms with van der Waals surface area (Å²) in [5.74, 6) is 0. The SMILES string of the molecule is c1ccc(C2N=C2c2ccccc2-c2ccc(-c3ccc(N(c4ccccc4)c4ccccc4)cc3)cc2)cc1. The largest absolute Gasteiger partial charge is 0.311 e. The lowest BCUT2D eigenvalue weighted by atomic mass is 9.94. The lowest BCUT2D eigenvalue weighted by Gasteiger charge is -2.25. The van der Waals surface area contributed by atoms with Gasteiger partial charge in [-0.15, -0.1) is 0 Å². The third kappa shape index (κ3) is 4.72. The lowest BCUT2D eigenvalue weighted by Crippen LogP contribution is -2.09. The molecule has 2 heteroatoms. The van der Waals surface area contributed by atoms with Crippen LogP contribution < -0.4 is 4.90 Å². The Hall–Kier alpha value is -5.21. The van der Waals surface area contributed by atoms with Crippen LogP contribution in [0.5, 0.6) is 0 Å². The maximum atomic E-state index is 4.83. The van der Waals surface area contributed by atoms with E-state index < -0.39 is 0 Å². The fraction of sp³-hybridized carbons (Fsp3) is 0.0263. The first-order valence-electron chi connectivity index (χ1n) is 13.7. The molecule has 40 heavy (non-hydrogen) atoms. The highest BCUT2D eigenvalue weighted by atomic mass is 15.1. The molecule has 1 atom stereocenters. The molecule has 0 bridgehead atoms. The van der Waals surface area contributed by atoms with Gasteiger partial charge in [0.15, 0.2) is 0 Å². The number of benzene rings is 6. The fourth-order valence-corrected chi connectivity index (χ4v) is 5.39. The normalized spacial score (nSPS) is 13.9. The maximum absolute atomic E-state index is 4.83. The first-order valence-corrected chi connectivity index (χ1v) is 13.7. The van der Waals surface area contributed by atoms with Gasteiger partial charge in [0.05, 0.1) is 5.71 Å². The molecular formula is C38H28N2. The van der Waals surface area contributed by atoms with Crippen LogP contribution in [0.3, 0.4) is 0 Å². The van der Waals surface area contributed by atoms with Crippen molar-refractivity contribution < 1.29 is 0 Å². The Labute approximate surface area is 235 Å². The minimum Gasteiger partial charge on any atom is -0.311 e. The summed E-state index contributed by atoms with van der Waals surface area (Å²) in [5, 5.41) is 0. The maximum Gasteiger partial charge on any atom is 0.118 e. The van der Waals surface area contributed by atoms with Crippen molar-refractivity contribution in [3.63, 3.8) is 0 Å². The monoisotopic (exact) mass is 512 g/mol. The van der Waals surface area contributed by atoms with E-state index in [0.717, 1.165) is 17.1 Å². The zero-order chi connectivity index (χ0) is 26.7. The molecule has 0 fully saturated rings. The third-order valence-electron chi connectivity index (χ3n) is 7.46. The van der Waals surface area contributed by atoms with Gasteiger partial charge < -0.3 is 4.90 Å². The number of aliphatic imine (C=N–C) groups is 1. The standard InChI is InChI=1S/C38H28N2/c1-4-12-31(13-5-1)37-38(39-37)36-19-11-10-18-35(36)30-22-20-28(21-23-30)29-24-26-34(27-25-29)40(32-14-6-2-7-15-32)33-16-8-3-9-17-33/h1-27,37H. The van der Waals surface area contributed by atoms with Crippen molar-refractivity contribution in [3.05, 3.63) is 175 Å². The molecular weight excluding hydrogens is 484 g/mol. The van der Waals surface area contributed by atoms with Crippen molar-refractivity contribution in [1.29, 1.82) is 0 Å². The van der Waals surface area contributed by atoms with E-state index in [1.165, 1.54) is 39.1 Å². The summed E-state index contributed by atoms with van der Waals surface area (Å²) in [7, 11) is 0. The van der Waals surface area contributed by atoms with Crippen LogP contribution in [0.25, 0.3) is 22.3 Å². The van der Waals surface area contributed by atoms with E-state index in [1.54, 1.807) is 0 Å². The van der Waals surface area contributed by atoms with Gasteiger partial charge in [-0.3, -0.25) is 4.99 Å². The van der Waals surface area contributed by atoms with Crippen LogP contribution >= 0.6 is 0 Å². The summed E-state index contributed by atoms with van der Waals surface area (Å²) >= 11 is 0. The molecule has 7 rings (SSSR count). The van der Waals surface area contributed by atoms with E-state index in [2.05, 4.69) is 169 Å². The van der Waals surface area contributed by atoms with Gasteiger partial charge in [0.25, 0.3) is 0 Å². The van der Waals surface area contributed by atoms with E-state index in [4.69, 9.17) is 4.99 Å². The number of anilines is 3. The molecule has 6 aromatic rings. The molecule has 0 saturated carbocycles. The van der Waals surface area contributed by atoms with Gasteiger partial charge in [0, 0.05) is 22.6 Å². The summed E-state index contributed by atoms with van der Waals surface area (Å²) in [4.78, 5) is 7.11. The highest BCUT2D eigenvalue weighted by Crippen LogP contribution is 2.39. The van der Waals surface area contributed by atoms with Gasteiger partial charge in [-0.1, -0.05) is 127 Å². The second kappa shape index (κ2) is 10.5. The topological polar surface area (TPSA) is 15.6 Å². The average molecular weight is 513 g/mol. The molecule has 0 aromatic heterocycles. The Morgan fingerprint density at radius 3 is 1.38 bits per heavy atom. The van der Waals surface area contributed by atoms with Crippen molar-refractivity contribution >= 4 is 22.8 Å². The van der Waals surface area contributed by atoms with E-state index in [9.17, 15) is 0 Å². The smallest absolute Gasteiger partial charge is 0.118 e. The molecule has 2 nitrogen and oxygen atoms in total. The zero-order valence-electron chi connectivity index (χ0n) is 22.1. The highest BCUT2D eigenvalue weighted by Gasteiger charge is 2.32. The molecule has 190 valence electrons. The third-order valence-corrected chi connectivity index (χ3v) is 7.46. The lowest BCUT2D eigenvalue weighted by molar-refractivity contribution is 1.13. The van der Waals surface area contributed by atoms with Crippen LogP contribution in [0.1, 0.15) is 17.2 Å². The van der Waals surface area contributed by atoms with Crippen LogP contribution in [-0.2, 0) is 0 Å². The molecule has 0 amide bonds. The minimum absolute atomic E-state index is 0.173. The molecule has 1 heterocycles. The molecule has 0 spiro atoms. The molecule has 1 aliphatic rings. The molecule has 0 radical (unpaired) electrons. The van der Waals surface area contributed by atoms with Gasteiger partial charge in [-0.2, -0.15) is 0 Å². The van der Waals surface area contributed by atoms with E-state index in [1.807, 2.05) is 0 Å². The van der Waals surface area contributed by atoms with Crippen LogP contribution in [0.2, 0.25) is 0 Å². The summed E-state index contributed by atoms with van der Waals surface area (Å²) in [6, 6.07) is 58.0. The molecule has 0 N–H and O–H groups in total. The van der Waals surface area contributed by atoms with Crippen molar-refractivity contribution in [1.82, 2.24) is 0 Å².